The van der Waals surface area contributed by atoms with Gasteiger partial charge in [0.15, 0.2) is 0 Å². The van der Waals surface area contributed by atoms with Crippen LogP contribution < -0.4 is 11.1 Å². The molecule has 0 radical (unpaired) electrons. The van der Waals surface area contributed by atoms with Crippen molar-refractivity contribution in [3.63, 3.8) is 0 Å². The lowest BCUT2D eigenvalue weighted by molar-refractivity contribution is -0.191. The van der Waals surface area contributed by atoms with Crippen molar-refractivity contribution in [3.05, 3.63) is 33.3 Å². The average molecular weight is 405 g/mol. The summed E-state index contributed by atoms with van der Waals surface area (Å²) >= 11 is 1.59. The number of thiophene rings is 1. The van der Waals surface area contributed by atoms with Crippen molar-refractivity contribution in [3.8, 4) is 0 Å². The van der Waals surface area contributed by atoms with Gasteiger partial charge in [-0.1, -0.05) is 0 Å². The number of piperidine rings is 1. The van der Waals surface area contributed by atoms with Crippen molar-refractivity contribution in [1.29, 1.82) is 0 Å². The highest BCUT2D eigenvalue weighted by molar-refractivity contribution is 7.12. The van der Waals surface area contributed by atoms with Crippen LogP contribution in [0, 0.1) is 6.92 Å². The number of halogens is 3. The third-order valence-corrected chi connectivity index (χ3v) is 6.09. The highest BCUT2D eigenvalue weighted by atomic mass is 32.1. The molecule has 0 aromatic carbocycles. The fourth-order valence-electron chi connectivity index (χ4n) is 3.82. The van der Waals surface area contributed by atoms with Crippen LogP contribution in [0.3, 0.4) is 0 Å². The summed E-state index contributed by atoms with van der Waals surface area (Å²) in [7, 11) is 1.61. The minimum atomic E-state index is -4.94. The number of nitrogens with zero attached hydrogens (tertiary/aromatic N) is 1. The minimum absolute atomic E-state index is 0.00928. The number of nitrogens with one attached hydrogen (secondary N) is 1. The minimum Gasteiger partial charge on any atom is -0.399 e. The highest BCUT2D eigenvalue weighted by Crippen LogP contribution is 2.42. The number of aliphatic hydroxyl groups is 1. The van der Waals surface area contributed by atoms with Gasteiger partial charge in [-0.2, -0.15) is 13.2 Å². The van der Waals surface area contributed by atoms with Crippen molar-refractivity contribution in [2.24, 2.45) is 5.73 Å². The van der Waals surface area contributed by atoms with E-state index in [0.717, 1.165) is 20.2 Å². The molecule has 27 heavy (non-hydrogen) atoms. The molecule has 1 aliphatic rings. The molecule has 1 aromatic heterocycles. The maximum Gasteiger partial charge on any atom is 0.471 e. The molecule has 1 aliphatic heterocycles. The van der Waals surface area contributed by atoms with E-state index in [2.05, 4.69) is 5.32 Å². The van der Waals surface area contributed by atoms with E-state index in [1.807, 2.05) is 13.0 Å². The maximum atomic E-state index is 13.1. The number of alkyl halides is 3. The zero-order valence-electron chi connectivity index (χ0n) is 15.6. The Morgan fingerprint density at radius 2 is 2.15 bits per heavy atom. The van der Waals surface area contributed by atoms with Gasteiger partial charge in [-0.05, 0) is 50.7 Å². The van der Waals surface area contributed by atoms with E-state index < -0.39 is 24.2 Å². The molecular formula is C18H26F3N3O2S. The molecule has 1 fully saturated rings. The van der Waals surface area contributed by atoms with Gasteiger partial charge in [0.1, 0.15) is 0 Å². The monoisotopic (exact) mass is 405 g/mol. The number of carbonyl (C=O) groups excluding carboxylic acids is 1. The molecule has 3 atom stereocenters. The second-order valence-electron chi connectivity index (χ2n) is 6.90. The first-order chi connectivity index (χ1) is 12.6. The highest BCUT2D eigenvalue weighted by Gasteiger charge is 2.49. The molecule has 2 rings (SSSR count). The van der Waals surface area contributed by atoms with E-state index in [4.69, 9.17) is 5.73 Å². The third-order valence-electron chi connectivity index (χ3n) is 4.83. The number of amides is 1. The zero-order chi connectivity index (χ0) is 20.4. The molecule has 0 aliphatic carbocycles. The maximum absolute atomic E-state index is 13.1. The van der Waals surface area contributed by atoms with Crippen LogP contribution in [0.4, 0.5) is 13.2 Å². The van der Waals surface area contributed by atoms with Gasteiger partial charge in [-0.15, -0.1) is 11.3 Å². The number of hydrogen-bond acceptors (Lipinski definition) is 5. The molecular weight excluding hydrogens is 379 g/mol. The number of likely N-dealkylation sites (tertiary alicyclic amines) is 1. The molecule has 5 nitrogen and oxygen atoms in total. The number of nitrogens with two attached hydrogens (primary N) is 1. The Labute approximate surface area is 161 Å². The van der Waals surface area contributed by atoms with Gasteiger partial charge in [0.05, 0.1) is 6.04 Å². The van der Waals surface area contributed by atoms with Gasteiger partial charge < -0.3 is 21.1 Å². The predicted octanol–water partition coefficient (Wildman–Crippen LogP) is 2.64. The van der Waals surface area contributed by atoms with Crippen LogP contribution in [0.15, 0.2) is 18.0 Å². The fourth-order valence-corrected chi connectivity index (χ4v) is 5.02. The van der Waals surface area contributed by atoms with Gasteiger partial charge in [-0.3, -0.25) is 4.79 Å². The van der Waals surface area contributed by atoms with Crippen LogP contribution in [-0.2, 0) is 11.2 Å². The Morgan fingerprint density at radius 3 is 2.70 bits per heavy atom. The molecule has 1 aromatic rings. The Morgan fingerprint density at radius 1 is 1.48 bits per heavy atom. The number of aryl methyl sites for hydroxylation is 1. The van der Waals surface area contributed by atoms with Gasteiger partial charge >= 0.3 is 12.1 Å². The number of rotatable bonds is 5. The van der Waals surface area contributed by atoms with Gasteiger partial charge in [0.25, 0.3) is 0 Å². The summed E-state index contributed by atoms with van der Waals surface area (Å²) in [5, 5.41) is 12.0. The van der Waals surface area contributed by atoms with E-state index in [1.54, 1.807) is 25.3 Å². The lowest BCUT2D eigenvalue weighted by Crippen LogP contribution is -2.56. The summed E-state index contributed by atoms with van der Waals surface area (Å²) in [5.41, 5.74) is 7.25. The largest absolute Gasteiger partial charge is 0.471 e. The Balaban J connectivity index is 2.40. The summed E-state index contributed by atoms with van der Waals surface area (Å²) in [4.78, 5) is 15.1. The third kappa shape index (κ3) is 4.76. The zero-order valence-corrected chi connectivity index (χ0v) is 16.5. The molecule has 0 spiro atoms. The SMILES string of the molecule is CN/C=C(\N)[C@@H]1CC(c2sc(C)cc2CCO)C[C@H](C)N1C(=O)C(F)(F)F. The molecule has 4 N–H and O–H groups in total. The van der Waals surface area contributed by atoms with Crippen molar-refractivity contribution < 1.29 is 23.1 Å². The first-order valence-corrected chi connectivity index (χ1v) is 9.64. The van der Waals surface area contributed by atoms with Gasteiger partial charge in [-0.25, -0.2) is 0 Å². The van der Waals surface area contributed by atoms with E-state index in [9.17, 15) is 23.1 Å². The normalized spacial score (nSPS) is 24.2. The number of hydrogen-bond donors (Lipinski definition) is 3. The molecule has 1 saturated heterocycles. The quantitative estimate of drug-likeness (QED) is 0.704. The van der Waals surface area contributed by atoms with Gasteiger partial charge in [0, 0.05) is 41.3 Å². The summed E-state index contributed by atoms with van der Waals surface area (Å²) < 4.78 is 39.4. The lowest BCUT2D eigenvalue weighted by Gasteiger charge is -2.44. The summed E-state index contributed by atoms with van der Waals surface area (Å²) in [6, 6.07) is 0.552. The molecule has 152 valence electrons. The van der Waals surface area contributed by atoms with Crippen molar-refractivity contribution in [1.82, 2.24) is 10.2 Å². The second-order valence-corrected chi connectivity index (χ2v) is 8.18. The van der Waals surface area contributed by atoms with Crippen molar-refractivity contribution in [2.75, 3.05) is 13.7 Å². The van der Waals surface area contributed by atoms with Crippen molar-refractivity contribution >= 4 is 17.2 Å². The van der Waals surface area contributed by atoms with Crippen LogP contribution in [-0.4, -0.2) is 47.8 Å². The number of carbonyl (C=O) groups is 1. The Hall–Kier alpha value is -1.74. The van der Waals surface area contributed by atoms with E-state index in [-0.39, 0.29) is 18.2 Å². The van der Waals surface area contributed by atoms with Crippen LogP contribution in [0.1, 0.15) is 41.0 Å². The molecule has 1 unspecified atom stereocenters. The average Bonchev–Trinajstić information content (AvgIpc) is 2.93. The first kappa shape index (κ1) is 21.6. The summed E-state index contributed by atoms with van der Waals surface area (Å²) in [6.45, 7) is 3.60. The van der Waals surface area contributed by atoms with Crippen LogP contribution >= 0.6 is 11.3 Å². The first-order valence-electron chi connectivity index (χ1n) is 8.82. The van der Waals surface area contributed by atoms with E-state index >= 15 is 0 Å². The molecule has 0 bridgehead atoms. The lowest BCUT2D eigenvalue weighted by atomic mass is 9.83. The standard InChI is InChI=1S/C18H26F3N3O2S/c1-10-6-13(16-12(4-5-25)7-11(2)27-16)8-15(14(22)9-23-3)24(10)17(26)18(19,20)21/h7,9-10,13,15,23,25H,4-6,8,22H2,1-3H3/b14-9-/t10-,13?,15-/m0/s1. The van der Waals surface area contributed by atoms with Crippen LogP contribution in [0.2, 0.25) is 0 Å². The van der Waals surface area contributed by atoms with Crippen LogP contribution in [0.5, 0.6) is 0 Å². The molecule has 9 heteroatoms. The Bertz CT molecular complexity index is 703. The predicted molar refractivity (Wildman–Crippen MR) is 99.3 cm³/mol. The topological polar surface area (TPSA) is 78.6 Å². The molecule has 2 heterocycles. The number of aliphatic hydroxyl groups excluding tert-OH is 1. The smallest absolute Gasteiger partial charge is 0.399 e. The van der Waals surface area contributed by atoms with E-state index in [1.165, 1.54) is 6.20 Å². The van der Waals surface area contributed by atoms with Crippen molar-refractivity contribution in [2.45, 2.75) is 57.3 Å². The molecule has 1 amide bonds. The van der Waals surface area contributed by atoms with Gasteiger partial charge in [0.2, 0.25) is 0 Å². The fraction of sp³-hybridized carbons (Fsp3) is 0.611. The molecule has 0 saturated carbocycles. The van der Waals surface area contributed by atoms with Crippen LogP contribution in [0.25, 0.3) is 0 Å². The second kappa shape index (κ2) is 8.52. The van der Waals surface area contributed by atoms with E-state index in [0.29, 0.717) is 19.3 Å². The Kier molecular flexibility index (Phi) is 6.80. The summed E-state index contributed by atoms with van der Waals surface area (Å²) in [5.74, 6) is -1.88. The summed E-state index contributed by atoms with van der Waals surface area (Å²) in [6.07, 6.45) is -2.27.